The van der Waals surface area contributed by atoms with Gasteiger partial charge in [0.25, 0.3) is 11.6 Å². The highest BCUT2D eigenvalue weighted by atomic mass is 79.9. The summed E-state index contributed by atoms with van der Waals surface area (Å²) in [6, 6.07) is 4.32. The number of nitrogens with one attached hydrogen (secondary N) is 1. The maximum atomic E-state index is 12.1. The van der Waals surface area contributed by atoms with Crippen LogP contribution in [0.4, 0.5) is 5.69 Å². The van der Waals surface area contributed by atoms with Gasteiger partial charge in [0.15, 0.2) is 0 Å². The van der Waals surface area contributed by atoms with Crippen LogP contribution in [-0.4, -0.2) is 22.7 Å². The van der Waals surface area contributed by atoms with Gasteiger partial charge >= 0.3 is 0 Å². The Hall–Kier alpha value is -1.43. The number of rotatable bonds is 6. The normalized spacial score (nSPS) is 11.2. The number of alkyl halides is 1. The van der Waals surface area contributed by atoms with E-state index < -0.39 is 4.92 Å². The van der Waals surface area contributed by atoms with Gasteiger partial charge in [0, 0.05) is 29.6 Å². The number of amides is 1. The summed E-state index contributed by atoms with van der Waals surface area (Å²) >= 11 is 3.39. The van der Waals surface area contributed by atoms with Gasteiger partial charge in [-0.3, -0.25) is 14.9 Å². The first kappa shape index (κ1) is 16.6. The van der Waals surface area contributed by atoms with Crippen LogP contribution in [0.2, 0.25) is 0 Å². The second kappa shape index (κ2) is 6.83. The van der Waals surface area contributed by atoms with Crippen molar-refractivity contribution in [1.82, 2.24) is 5.32 Å². The van der Waals surface area contributed by atoms with E-state index in [4.69, 9.17) is 0 Å². The average molecular weight is 343 g/mol. The fraction of sp³-hybridized carbons (Fsp3) is 0.500. The molecular weight excluding hydrogens is 324 g/mol. The van der Waals surface area contributed by atoms with Gasteiger partial charge in [-0.2, -0.15) is 0 Å². The number of halogens is 1. The molecule has 0 saturated carbocycles. The minimum absolute atomic E-state index is 0.0201. The van der Waals surface area contributed by atoms with Crippen LogP contribution in [0.3, 0.4) is 0 Å². The predicted octanol–water partition coefficient (Wildman–Crippen LogP) is 3.44. The Balaban J connectivity index is 2.82. The molecule has 0 fully saturated rings. The summed E-state index contributed by atoms with van der Waals surface area (Å²) in [5.74, 6) is -0.270. The molecule has 1 N–H and O–H groups in total. The first-order valence-corrected chi connectivity index (χ1v) is 7.48. The number of benzene rings is 1. The topological polar surface area (TPSA) is 72.2 Å². The van der Waals surface area contributed by atoms with Crippen LogP contribution >= 0.6 is 15.9 Å². The Morgan fingerprint density at radius 3 is 2.65 bits per heavy atom. The van der Waals surface area contributed by atoms with Gasteiger partial charge < -0.3 is 5.32 Å². The van der Waals surface area contributed by atoms with Gasteiger partial charge in [-0.15, -0.1) is 0 Å². The van der Waals surface area contributed by atoms with Gasteiger partial charge in [0.05, 0.1) is 4.92 Å². The minimum Gasteiger partial charge on any atom is -0.351 e. The molecule has 0 aromatic heterocycles. The van der Waals surface area contributed by atoms with E-state index in [9.17, 15) is 14.9 Å². The number of nitro groups is 1. The minimum atomic E-state index is -0.495. The van der Waals surface area contributed by atoms with E-state index in [-0.39, 0.29) is 17.0 Å². The van der Waals surface area contributed by atoms with Crippen molar-refractivity contribution in [3.05, 3.63) is 39.4 Å². The largest absolute Gasteiger partial charge is 0.351 e. The van der Waals surface area contributed by atoms with Crippen LogP contribution in [0.1, 0.15) is 36.2 Å². The molecule has 0 radical (unpaired) electrons. The van der Waals surface area contributed by atoms with Crippen LogP contribution in [-0.2, 0) is 0 Å². The van der Waals surface area contributed by atoms with Crippen molar-refractivity contribution < 1.29 is 9.72 Å². The van der Waals surface area contributed by atoms with E-state index >= 15 is 0 Å². The molecule has 0 saturated heterocycles. The molecule has 20 heavy (non-hydrogen) atoms. The fourth-order valence-electron chi connectivity index (χ4n) is 1.73. The second-order valence-corrected chi connectivity index (χ2v) is 6.34. The standard InChI is InChI=1S/C14H19BrN2O3/c1-10-4-5-11(17(19)20)8-12(10)13(18)16-9-14(2,3)6-7-15/h4-5,8H,6-7,9H2,1-3H3,(H,16,18). The molecule has 1 amide bonds. The number of carbonyl (C=O) groups is 1. The Kier molecular flexibility index (Phi) is 5.68. The summed E-state index contributed by atoms with van der Waals surface area (Å²) < 4.78 is 0. The molecule has 0 aliphatic heterocycles. The van der Waals surface area contributed by atoms with Crippen molar-refractivity contribution in [2.24, 2.45) is 5.41 Å². The lowest BCUT2D eigenvalue weighted by atomic mass is 9.90. The number of carbonyl (C=O) groups excluding carboxylic acids is 1. The van der Waals surface area contributed by atoms with E-state index in [1.165, 1.54) is 12.1 Å². The molecule has 5 nitrogen and oxygen atoms in total. The summed E-state index contributed by atoms with van der Waals surface area (Å²) in [5, 5.41) is 14.5. The maximum Gasteiger partial charge on any atom is 0.270 e. The Labute approximate surface area is 127 Å². The van der Waals surface area contributed by atoms with E-state index in [2.05, 4.69) is 35.1 Å². The summed E-state index contributed by atoms with van der Waals surface area (Å²) in [6.45, 7) is 6.42. The van der Waals surface area contributed by atoms with Gasteiger partial charge in [0.2, 0.25) is 0 Å². The van der Waals surface area contributed by atoms with Gasteiger partial charge in [-0.05, 0) is 24.3 Å². The zero-order valence-corrected chi connectivity index (χ0v) is 13.5. The average Bonchev–Trinajstić information content (AvgIpc) is 2.36. The summed E-state index contributed by atoms with van der Waals surface area (Å²) in [4.78, 5) is 22.4. The SMILES string of the molecule is Cc1ccc([N+](=O)[O-])cc1C(=O)NCC(C)(C)CCBr. The van der Waals surface area contributed by atoms with Gasteiger partial charge in [0.1, 0.15) is 0 Å². The van der Waals surface area contributed by atoms with Crippen LogP contribution in [0.5, 0.6) is 0 Å². The molecule has 1 rings (SSSR count). The van der Waals surface area contributed by atoms with Crippen molar-refractivity contribution in [3.8, 4) is 0 Å². The molecular formula is C14H19BrN2O3. The van der Waals surface area contributed by atoms with Crippen LogP contribution < -0.4 is 5.32 Å². The van der Waals surface area contributed by atoms with Crippen LogP contribution in [0, 0.1) is 22.5 Å². The molecule has 1 aromatic carbocycles. The highest BCUT2D eigenvalue weighted by molar-refractivity contribution is 9.09. The summed E-state index contributed by atoms with van der Waals surface area (Å²) in [5.41, 5.74) is 0.994. The smallest absolute Gasteiger partial charge is 0.270 e. The number of hydrogen-bond donors (Lipinski definition) is 1. The third-order valence-electron chi connectivity index (χ3n) is 3.18. The zero-order chi connectivity index (χ0) is 15.3. The highest BCUT2D eigenvalue weighted by Crippen LogP contribution is 2.21. The van der Waals surface area contributed by atoms with E-state index in [1.807, 2.05) is 0 Å². The van der Waals surface area contributed by atoms with Gasteiger partial charge in [-0.25, -0.2) is 0 Å². The van der Waals surface area contributed by atoms with Crippen molar-refractivity contribution in [2.75, 3.05) is 11.9 Å². The first-order valence-electron chi connectivity index (χ1n) is 6.36. The molecule has 110 valence electrons. The summed E-state index contributed by atoms with van der Waals surface area (Å²) in [7, 11) is 0. The van der Waals surface area contributed by atoms with Crippen molar-refractivity contribution in [3.63, 3.8) is 0 Å². The Morgan fingerprint density at radius 2 is 2.10 bits per heavy atom. The van der Waals surface area contributed by atoms with Crippen LogP contribution in [0.15, 0.2) is 18.2 Å². The van der Waals surface area contributed by atoms with Gasteiger partial charge in [-0.1, -0.05) is 35.8 Å². The van der Waals surface area contributed by atoms with Crippen molar-refractivity contribution in [1.29, 1.82) is 0 Å². The van der Waals surface area contributed by atoms with E-state index in [1.54, 1.807) is 13.0 Å². The van der Waals surface area contributed by atoms with Crippen molar-refractivity contribution in [2.45, 2.75) is 27.2 Å². The molecule has 0 unspecified atom stereocenters. The second-order valence-electron chi connectivity index (χ2n) is 5.54. The summed E-state index contributed by atoms with van der Waals surface area (Å²) in [6.07, 6.45) is 0.932. The predicted molar refractivity (Wildman–Crippen MR) is 82.4 cm³/mol. The Bertz CT molecular complexity index is 515. The molecule has 0 atom stereocenters. The first-order chi connectivity index (χ1) is 9.26. The molecule has 0 spiro atoms. The number of aryl methyl sites for hydroxylation is 1. The number of nitro benzene ring substituents is 1. The molecule has 1 aromatic rings. The number of hydrogen-bond acceptors (Lipinski definition) is 3. The van der Waals surface area contributed by atoms with Crippen molar-refractivity contribution >= 4 is 27.5 Å². The lowest BCUT2D eigenvalue weighted by Crippen LogP contribution is -2.34. The van der Waals surface area contributed by atoms with Crippen LogP contribution in [0.25, 0.3) is 0 Å². The molecule has 6 heteroatoms. The molecule has 0 bridgehead atoms. The zero-order valence-electron chi connectivity index (χ0n) is 11.9. The number of non-ortho nitro benzene ring substituents is 1. The van der Waals surface area contributed by atoms with E-state index in [0.717, 1.165) is 17.3 Å². The lowest BCUT2D eigenvalue weighted by molar-refractivity contribution is -0.384. The molecule has 0 aliphatic rings. The monoisotopic (exact) mass is 342 g/mol. The third kappa shape index (κ3) is 4.59. The van der Waals surface area contributed by atoms with E-state index in [0.29, 0.717) is 12.1 Å². The highest BCUT2D eigenvalue weighted by Gasteiger charge is 2.20. The maximum absolute atomic E-state index is 12.1. The molecule has 0 heterocycles. The number of nitrogens with zero attached hydrogens (tertiary/aromatic N) is 1. The molecule has 0 aliphatic carbocycles. The Morgan fingerprint density at radius 1 is 1.45 bits per heavy atom. The quantitative estimate of drug-likeness (QED) is 0.489. The fourth-order valence-corrected chi connectivity index (χ4v) is 2.80. The lowest BCUT2D eigenvalue weighted by Gasteiger charge is -2.24. The third-order valence-corrected chi connectivity index (χ3v) is 3.57.